The predicted octanol–water partition coefficient (Wildman–Crippen LogP) is 2.34. The Bertz CT molecular complexity index is 179. The number of piperidine rings is 1. The van der Waals surface area contributed by atoms with Crippen molar-refractivity contribution >= 4 is 5.91 Å². The fourth-order valence-corrected chi connectivity index (χ4v) is 2.03. The van der Waals surface area contributed by atoms with Crippen LogP contribution in [0.5, 0.6) is 0 Å². The van der Waals surface area contributed by atoms with E-state index in [9.17, 15) is 4.79 Å². The summed E-state index contributed by atoms with van der Waals surface area (Å²) in [7, 11) is 0. The topological polar surface area (TPSA) is 29.1 Å². The predicted molar refractivity (Wildman–Crippen MR) is 54.4 cm³/mol. The van der Waals surface area contributed by atoms with Crippen LogP contribution in [0.15, 0.2) is 0 Å². The minimum atomic E-state index is 0.242. The molecule has 1 heterocycles. The van der Waals surface area contributed by atoms with E-state index in [4.69, 9.17) is 0 Å². The Morgan fingerprint density at radius 3 is 2.77 bits per heavy atom. The summed E-state index contributed by atoms with van der Waals surface area (Å²) in [5.74, 6) is 1.44. The van der Waals surface area contributed by atoms with Crippen LogP contribution in [0, 0.1) is 11.8 Å². The molecule has 1 fully saturated rings. The van der Waals surface area contributed by atoms with Crippen LogP contribution in [0.25, 0.3) is 0 Å². The minimum absolute atomic E-state index is 0.242. The lowest BCUT2D eigenvalue weighted by Gasteiger charge is -2.34. The maximum absolute atomic E-state index is 11.3. The molecule has 1 rings (SSSR count). The first-order valence-corrected chi connectivity index (χ1v) is 5.44. The van der Waals surface area contributed by atoms with Crippen LogP contribution < -0.4 is 5.32 Å². The molecule has 1 amide bonds. The molecule has 2 heteroatoms. The van der Waals surface area contributed by atoms with E-state index >= 15 is 0 Å². The van der Waals surface area contributed by atoms with Gasteiger partial charge in [0.15, 0.2) is 0 Å². The molecule has 0 radical (unpaired) electrons. The first-order chi connectivity index (χ1) is 6.15. The zero-order valence-corrected chi connectivity index (χ0v) is 8.97. The fourth-order valence-electron chi connectivity index (χ4n) is 2.03. The summed E-state index contributed by atoms with van der Waals surface area (Å²) in [6, 6.07) is 0.427. The number of carbonyl (C=O) groups excluding carboxylic acids is 1. The Balaban J connectivity index is 2.45. The second kappa shape index (κ2) is 4.64. The fraction of sp³-hybridized carbons (Fsp3) is 0.909. The summed E-state index contributed by atoms with van der Waals surface area (Å²) in [5.41, 5.74) is 0. The number of carbonyl (C=O) groups is 1. The van der Waals surface area contributed by atoms with E-state index in [2.05, 4.69) is 26.1 Å². The van der Waals surface area contributed by atoms with Crippen LogP contribution >= 0.6 is 0 Å². The van der Waals surface area contributed by atoms with Gasteiger partial charge in [-0.25, -0.2) is 0 Å². The third-order valence-electron chi connectivity index (χ3n) is 3.25. The molecule has 0 aromatic rings. The highest BCUT2D eigenvalue weighted by atomic mass is 16.1. The van der Waals surface area contributed by atoms with Crippen molar-refractivity contribution in [1.82, 2.24) is 5.32 Å². The quantitative estimate of drug-likeness (QED) is 0.715. The molecule has 13 heavy (non-hydrogen) atoms. The Kier molecular flexibility index (Phi) is 3.76. The number of amides is 1. The minimum Gasteiger partial charge on any atom is -0.353 e. The first-order valence-electron chi connectivity index (χ1n) is 5.44. The van der Waals surface area contributed by atoms with Crippen molar-refractivity contribution in [2.45, 2.75) is 52.5 Å². The normalized spacial score (nSPS) is 34.4. The molecule has 0 unspecified atom stereocenters. The zero-order chi connectivity index (χ0) is 9.84. The van der Waals surface area contributed by atoms with Gasteiger partial charge in [0.05, 0.1) is 0 Å². The smallest absolute Gasteiger partial charge is 0.220 e. The van der Waals surface area contributed by atoms with Crippen molar-refractivity contribution in [2.24, 2.45) is 11.8 Å². The van der Waals surface area contributed by atoms with Crippen LogP contribution in [0.3, 0.4) is 0 Å². The first kappa shape index (κ1) is 10.6. The van der Waals surface area contributed by atoms with Gasteiger partial charge in [-0.05, 0) is 18.3 Å². The lowest BCUT2D eigenvalue weighted by Crippen LogP contribution is -2.47. The van der Waals surface area contributed by atoms with Gasteiger partial charge in [-0.15, -0.1) is 0 Å². The van der Waals surface area contributed by atoms with Gasteiger partial charge in [-0.2, -0.15) is 0 Å². The number of unbranched alkanes of at least 4 members (excludes halogenated alkanes) is 1. The monoisotopic (exact) mass is 183 g/mol. The average Bonchev–Trinajstić information content (AvgIpc) is 2.09. The van der Waals surface area contributed by atoms with Crippen LogP contribution in [-0.2, 0) is 4.79 Å². The summed E-state index contributed by atoms with van der Waals surface area (Å²) in [6.07, 6.45) is 4.30. The highest BCUT2D eigenvalue weighted by Crippen LogP contribution is 2.25. The van der Waals surface area contributed by atoms with Gasteiger partial charge in [-0.3, -0.25) is 4.79 Å². The maximum Gasteiger partial charge on any atom is 0.220 e. The van der Waals surface area contributed by atoms with Gasteiger partial charge in [0.2, 0.25) is 5.91 Å². The largest absolute Gasteiger partial charge is 0.353 e. The van der Waals surface area contributed by atoms with Crippen molar-refractivity contribution < 1.29 is 4.79 Å². The van der Waals surface area contributed by atoms with Crippen molar-refractivity contribution in [2.75, 3.05) is 0 Å². The van der Waals surface area contributed by atoms with Gasteiger partial charge in [0.25, 0.3) is 0 Å². The maximum atomic E-state index is 11.3. The third-order valence-corrected chi connectivity index (χ3v) is 3.25. The van der Waals surface area contributed by atoms with Crippen LogP contribution in [0.4, 0.5) is 0 Å². The lowest BCUT2D eigenvalue weighted by molar-refractivity contribution is -0.126. The second-order valence-electron chi connectivity index (χ2n) is 4.36. The summed E-state index contributed by atoms with van der Waals surface area (Å²) in [4.78, 5) is 11.3. The molecule has 0 aliphatic carbocycles. The van der Waals surface area contributed by atoms with Gasteiger partial charge in [0.1, 0.15) is 0 Å². The van der Waals surface area contributed by atoms with E-state index in [-0.39, 0.29) is 5.91 Å². The third kappa shape index (κ3) is 2.71. The Morgan fingerprint density at radius 1 is 1.46 bits per heavy atom. The molecule has 2 nitrogen and oxygen atoms in total. The average molecular weight is 183 g/mol. The zero-order valence-electron chi connectivity index (χ0n) is 8.97. The highest BCUT2D eigenvalue weighted by molar-refractivity contribution is 5.77. The SMILES string of the molecule is CCCC[C@H]1NC(=O)C[C@H](C)[C@@H]1C. The molecular weight excluding hydrogens is 162 g/mol. The van der Waals surface area contributed by atoms with Crippen LogP contribution in [0.1, 0.15) is 46.5 Å². The molecule has 0 spiro atoms. The van der Waals surface area contributed by atoms with E-state index in [1.807, 2.05) is 0 Å². The van der Waals surface area contributed by atoms with Gasteiger partial charge >= 0.3 is 0 Å². The van der Waals surface area contributed by atoms with Crippen molar-refractivity contribution in [3.05, 3.63) is 0 Å². The van der Waals surface area contributed by atoms with Crippen LogP contribution in [0.2, 0.25) is 0 Å². The molecule has 3 atom stereocenters. The number of rotatable bonds is 3. The van der Waals surface area contributed by atoms with Gasteiger partial charge in [0, 0.05) is 12.5 Å². The number of nitrogens with one attached hydrogen (secondary N) is 1. The molecule has 0 bridgehead atoms. The van der Waals surface area contributed by atoms with E-state index < -0.39 is 0 Å². The van der Waals surface area contributed by atoms with Gasteiger partial charge < -0.3 is 5.32 Å². The number of hydrogen-bond acceptors (Lipinski definition) is 1. The van der Waals surface area contributed by atoms with E-state index in [1.165, 1.54) is 12.8 Å². The lowest BCUT2D eigenvalue weighted by atomic mass is 9.81. The van der Waals surface area contributed by atoms with Crippen molar-refractivity contribution in [1.29, 1.82) is 0 Å². The summed E-state index contributed by atoms with van der Waals surface area (Å²) in [6.45, 7) is 6.63. The summed E-state index contributed by atoms with van der Waals surface area (Å²) in [5, 5.41) is 3.09. The molecular formula is C11H21NO. The molecule has 0 aromatic carbocycles. The van der Waals surface area contributed by atoms with E-state index in [0.717, 1.165) is 6.42 Å². The summed E-state index contributed by atoms with van der Waals surface area (Å²) >= 11 is 0. The van der Waals surface area contributed by atoms with E-state index in [1.54, 1.807) is 0 Å². The van der Waals surface area contributed by atoms with Crippen molar-refractivity contribution in [3.8, 4) is 0 Å². The van der Waals surface area contributed by atoms with Gasteiger partial charge in [-0.1, -0.05) is 33.6 Å². The number of hydrogen-bond donors (Lipinski definition) is 1. The Hall–Kier alpha value is -0.530. The molecule has 1 aliphatic rings. The molecule has 0 saturated carbocycles. The molecule has 1 aliphatic heterocycles. The summed E-state index contributed by atoms with van der Waals surface area (Å²) < 4.78 is 0. The molecule has 0 aromatic heterocycles. The standard InChI is InChI=1S/C11H21NO/c1-4-5-6-10-9(3)8(2)7-11(13)12-10/h8-10H,4-7H2,1-3H3,(H,12,13)/t8-,9-,10+/m0/s1. The second-order valence-corrected chi connectivity index (χ2v) is 4.36. The highest BCUT2D eigenvalue weighted by Gasteiger charge is 2.30. The molecule has 1 N–H and O–H groups in total. The van der Waals surface area contributed by atoms with Crippen molar-refractivity contribution in [3.63, 3.8) is 0 Å². The molecule has 76 valence electrons. The Morgan fingerprint density at radius 2 is 2.15 bits per heavy atom. The molecule has 1 saturated heterocycles. The van der Waals surface area contributed by atoms with Crippen LogP contribution in [-0.4, -0.2) is 11.9 Å². The van der Waals surface area contributed by atoms with E-state index in [0.29, 0.717) is 24.3 Å². The Labute approximate surface area is 81.1 Å².